The summed E-state index contributed by atoms with van der Waals surface area (Å²) in [5.74, 6) is 1.08. The average molecular weight is 441 g/mol. The van der Waals surface area contributed by atoms with E-state index in [1.54, 1.807) is 16.7 Å². The van der Waals surface area contributed by atoms with Gasteiger partial charge >= 0.3 is 0 Å². The van der Waals surface area contributed by atoms with Gasteiger partial charge in [0.1, 0.15) is 6.04 Å². The molecule has 0 saturated heterocycles. The molecule has 0 fully saturated rings. The van der Waals surface area contributed by atoms with E-state index >= 15 is 0 Å². The molecule has 0 unspecified atom stereocenters. The highest BCUT2D eigenvalue weighted by Gasteiger charge is 2.30. The van der Waals surface area contributed by atoms with E-state index in [0.29, 0.717) is 18.7 Å². The Kier molecular flexibility index (Phi) is 9.63. The van der Waals surface area contributed by atoms with Crippen LogP contribution in [0.4, 0.5) is 0 Å². The van der Waals surface area contributed by atoms with Gasteiger partial charge in [0.25, 0.3) is 0 Å². The summed E-state index contributed by atoms with van der Waals surface area (Å²) >= 11 is 1.60. The van der Waals surface area contributed by atoms with Crippen molar-refractivity contribution in [2.75, 3.05) is 12.3 Å². The van der Waals surface area contributed by atoms with Gasteiger partial charge in [0, 0.05) is 17.8 Å². The molecule has 0 aliphatic heterocycles. The molecule has 0 aromatic heterocycles. The molecular formula is C26H36N2O2S. The van der Waals surface area contributed by atoms with Gasteiger partial charge in [-0.05, 0) is 51.7 Å². The maximum absolute atomic E-state index is 13.2. The van der Waals surface area contributed by atoms with Gasteiger partial charge in [-0.3, -0.25) is 9.59 Å². The van der Waals surface area contributed by atoms with E-state index in [-0.39, 0.29) is 17.4 Å². The smallest absolute Gasteiger partial charge is 0.243 e. The first-order valence-electron chi connectivity index (χ1n) is 11.0. The topological polar surface area (TPSA) is 49.4 Å². The van der Waals surface area contributed by atoms with E-state index in [1.807, 2.05) is 52.0 Å². The van der Waals surface area contributed by atoms with E-state index < -0.39 is 6.04 Å². The predicted octanol–water partition coefficient (Wildman–Crippen LogP) is 4.99. The van der Waals surface area contributed by atoms with Gasteiger partial charge in [-0.2, -0.15) is 0 Å². The molecule has 0 aliphatic rings. The lowest BCUT2D eigenvalue weighted by Crippen LogP contribution is -2.54. The van der Waals surface area contributed by atoms with E-state index in [9.17, 15) is 9.59 Å². The van der Waals surface area contributed by atoms with Crippen molar-refractivity contribution in [3.63, 3.8) is 0 Å². The van der Waals surface area contributed by atoms with Crippen LogP contribution in [0.5, 0.6) is 0 Å². The Labute approximate surface area is 191 Å². The van der Waals surface area contributed by atoms with Gasteiger partial charge in [0.2, 0.25) is 11.8 Å². The van der Waals surface area contributed by atoms with Crippen LogP contribution in [0.2, 0.25) is 0 Å². The Hall–Kier alpha value is -2.27. The largest absolute Gasteiger partial charge is 0.350 e. The molecule has 0 spiro atoms. The summed E-state index contributed by atoms with van der Waals surface area (Å²) in [5.41, 5.74) is 3.27. The predicted molar refractivity (Wildman–Crippen MR) is 131 cm³/mol. The fourth-order valence-corrected chi connectivity index (χ4v) is 4.35. The molecule has 0 aliphatic carbocycles. The maximum Gasteiger partial charge on any atom is 0.243 e. The zero-order valence-corrected chi connectivity index (χ0v) is 20.3. The summed E-state index contributed by atoms with van der Waals surface area (Å²) in [6.45, 7) is 10.5. The number of rotatable bonds is 10. The van der Waals surface area contributed by atoms with Crippen molar-refractivity contribution in [1.29, 1.82) is 0 Å². The molecule has 168 valence electrons. The third-order valence-electron chi connectivity index (χ3n) is 4.95. The number of nitrogens with one attached hydrogen (secondary N) is 1. The monoisotopic (exact) mass is 440 g/mol. The first kappa shape index (κ1) is 25.0. The summed E-state index contributed by atoms with van der Waals surface area (Å²) in [7, 11) is 0. The number of hydrogen-bond acceptors (Lipinski definition) is 3. The molecule has 2 rings (SSSR count). The second-order valence-corrected chi connectivity index (χ2v) is 9.95. The van der Waals surface area contributed by atoms with Gasteiger partial charge in [0.15, 0.2) is 0 Å². The molecule has 0 bridgehead atoms. The van der Waals surface area contributed by atoms with Crippen molar-refractivity contribution in [3.8, 4) is 0 Å². The van der Waals surface area contributed by atoms with Crippen LogP contribution < -0.4 is 5.32 Å². The van der Waals surface area contributed by atoms with Crippen LogP contribution in [0, 0.1) is 6.92 Å². The normalized spacial score (nSPS) is 12.3. The lowest BCUT2D eigenvalue weighted by atomic mass is 10.1. The van der Waals surface area contributed by atoms with Crippen molar-refractivity contribution in [2.45, 2.75) is 64.8 Å². The number of hydrogen-bond donors (Lipinski definition) is 1. The maximum atomic E-state index is 13.2. The number of carbonyl (C=O) groups excluding carboxylic acids is 2. The minimum atomic E-state index is -0.463. The third kappa shape index (κ3) is 8.78. The van der Waals surface area contributed by atoms with E-state index in [1.165, 1.54) is 16.7 Å². The van der Waals surface area contributed by atoms with Gasteiger partial charge in [-0.1, -0.05) is 67.1 Å². The molecule has 0 saturated carbocycles. The molecule has 0 radical (unpaired) electrons. The summed E-state index contributed by atoms with van der Waals surface area (Å²) in [4.78, 5) is 28.0. The van der Waals surface area contributed by atoms with Crippen LogP contribution in [-0.4, -0.2) is 40.6 Å². The number of benzene rings is 2. The number of thioether (sulfide) groups is 1. The van der Waals surface area contributed by atoms with Crippen LogP contribution in [-0.2, 0) is 21.8 Å². The van der Waals surface area contributed by atoms with E-state index in [2.05, 4.69) is 42.6 Å². The van der Waals surface area contributed by atoms with E-state index in [0.717, 1.165) is 12.2 Å². The first-order valence-corrected chi connectivity index (χ1v) is 12.1. The molecule has 5 heteroatoms. The van der Waals surface area contributed by atoms with Crippen molar-refractivity contribution in [2.24, 2.45) is 0 Å². The van der Waals surface area contributed by atoms with E-state index in [4.69, 9.17) is 0 Å². The van der Waals surface area contributed by atoms with Gasteiger partial charge in [-0.25, -0.2) is 0 Å². The van der Waals surface area contributed by atoms with Crippen LogP contribution in [0.1, 0.15) is 50.8 Å². The number of nitrogens with zero attached hydrogens (tertiary/aromatic N) is 1. The second-order valence-electron chi connectivity index (χ2n) is 8.97. The van der Waals surface area contributed by atoms with Gasteiger partial charge in [-0.15, -0.1) is 11.8 Å². The highest BCUT2D eigenvalue weighted by molar-refractivity contribution is 7.99. The Morgan fingerprint density at radius 3 is 2.32 bits per heavy atom. The number of aryl methyl sites for hydroxylation is 1. The summed E-state index contributed by atoms with van der Waals surface area (Å²) in [5, 5.41) is 3.05. The quantitative estimate of drug-likeness (QED) is 0.566. The second kappa shape index (κ2) is 11.9. The summed E-state index contributed by atoms with van der Waals surface area (Å²) < 4.78 is 0. The van der Waals surface area contributed by atoms with Crippen LogP contribution >= 0.6 is 11.8 Å². The lowest BCUT2D eigenvalue weighted by Gasteiger charge is -2.33. The number of amides is 2. The Morgan fingerprint density at radius 1 is 1.03 bits per heavy atom. The fraction of sp³-hybridized carbons (Fsp3) is 0.462. The summed E-state index contributed by atoms with van der Waals surface area (Å²) in [6, 6.07) is 18.0. The Bertz CT molecular complexity index is 846. The fourth-order valence-electron chi connectivity index (χ4n) is 3.49. The minimum Gasteiger partial charge on any atom is -0.350 e. The Balaban J connectivity index is 2.08. The van der Waals surface area contributed by atoms with Crippen molar-refractivity contribution < 1.29 is 9.59 Å². The molecule has 4 nitrogen and oxygen atoms in total. The van der Waals surface area contributed by atoms with Crippen LogP contribution in [0.15, 0.2) is 54.6 Å². The molecule has 2 aromatic carbocycles. The average Bonchev–Trinajstić information content (AvgIpc) is 2.70. The minimum absolute atomic E-state index is 0.0180. The molecule has 1 N–H and O–H groups in total. The SMILES string of the molecule is CC[C@@H](C(=O)NC(C)(C)C)N(CCc1ccccc1)C(=O)CSCc1cccc(C)c1. The third-order valence-corrected chi connectivity index (χ3v) is 5.93. The molecule has 2 aromatic rings. The van der Waals surface area contributed by atoms with Crippen molar-refractivity contribution >= 4 is 23.6 Å². The number of carbonyl (C=O) groups is 2. The van der Waals surface area contributed by atoms with Gasteiger partial charge < -0.3 is 10.2 Å². The Morgan fingerprint density at radius 2 is 1.71 bits per heavy atom. The molecule has 1 atom stereocenters. The first-order chi connectivity index (χ1) is 14.7. The molecule has 2 amide bonds. The summed E-state index contributed by atoms with van der Waals surface area (Å²) in [6.07, 6.45) is 1.32. The van der Waals surface area contributed by atoms with Crippen LogP contribution in [0.25, 0.3) is 0 Å². The highest BCUT2D eigenvalue weighted by Crippen LogP contribution is 2.17. The zero-order chi connectivity index (χ0) is 22.9. The van der Waals surface area contributed by atoms with Crippen molar-refractivity contribution in [1.82, 2.24) is 10.2 Å². The molecule has 0 heterocycles. The lowest BCUT2D eigenvalue weighted by molar-refractivity contribution is -0.139. The standard InChI is InChI=1S/C26H36N2O2S/c1-6-23(25(30)27-26(3,4)5)28(16-15-21-12-8-7-9-13-21)24(29)19-31-18-22-14-10-11-20(2)17-22/h7-14,17,23H,6,15-16,18-19H2,1-5H3,(H,27,30)/t23-/m0/s1. The van der Waals surface area contributed by atoms with Crippen molar-refractivity contribution in [3.05, 3.63) is 71.3 Å². The molecular weight excluding hydrogens is 404 g/mol. The van der Waals surface area contributed by atoms with Crippen LogP contribution in [0.3, 0.4) is 0 Å². The van der Waals surface area contributed by atoms with Gasteiger partial charge in [0.05, 0.1) is 5.75 Å². The molecule has 31 heavy (non-hydrogen) atoms. The zero-order valence-electron chi connectivity index (χ0n) is 19.5. The highest BCUT2D eigenvalue weighted by atomic mass is 32.2.